The molecular weight excluding hydrogens is 282 g/mol. The Labute approximate surface area is 132 Å². The Balaban J connectivity index is 1.69. The third-order valence-electron chi connectivity index (χ3n) is 4.63. The van der Waals surface area contributed by atoms with Crippen LogP contribution >= 0.6 is 11.6 Å². The van der Waals surface area contributed by atoms with E-state index in [2.05, 4.69) is 22.8 Å². The smallest absolute Gasteiger partial charge is 0.117 e. The third kappa shape index (κ3) is 3.58. The van der Waals surface area contributed by atoms with Crippen LogP contribution < -0.4 is 10.6 Å². The molecule has 1 aliphatic carbocycles. The maximum atomic E-state index is 5.94. The summed E-state index contributed by atoms with van der Waals surface area (Å²) in [5, 5.41) is 8.13. The van der Waals surface area contributed by atoms with E-state index in [4.69, 9.17) is 16.6 Å². The Kier molecular flexibility index (Phi) is 4.81. The first kappa shape index (κ1) is 14.9. The van der Waals surface area contributed by atoms with Crippen LogP contribution in [0.2, 0.25) is 5.02 Å². The molecule has 1 fully saturated rings. The maximum Gasteiger partial charge on any atom is 0.117 e. The first-order valence-corrected chi connectivity index (χ1v) is 8.45. The number of halogens is 1. The minimum Gasteiger partial charge on any atom is -0.368 e. The molecule has 1 aliphatic heterocycles. The summed E-state index contributed by atoms with van der Waals surface area (Å²) in [7, 11) is 0. The number of nitrogens with zero attached hydrogens (tertiary/aromatic N) is 1. The number of nitrogens with one attached hydrogen (secondary N) is 2. The molecular formula is C17H24ClN3. The minimum atomic E-state index is 0.0984. The first-order valence-electron chi connectivity index (χ1n) is 8.07. The molecule has 1 aromatic carbocycles. The highest BCUT2D eigenvalue weighted by Gasteiger charge is 2.37. The standard InChI is InChI=1S/C17H24ClN3/c18-15-7-5-14(6-8-15)13-20-16-17(21-12-11-19-16)9-3-1-2-4-10-17/h5-8,21H,1-4,9-13H2,(H,19,20). The van der Waals surface area contributed by atoms with Gasteiger partial charge in [0.05, 0.1) is 12.1 Å². The lowest BCUT2D eigenvalue weighted by molar-refractivity contribution is 0.363. The van der Waals surface area contributed by atoms with Crippen LogP contribution in [0.15, 0.2) is 29.3 Å². The summed E-state index contributed by atoms with van der Waals surface area (Å²) in [4.78, 5) is 4.80. The second kappa shape index (κ2) is 6.80. The van der Waals surface area contributed by atoms with Crippen molar-refractivity contribution in [3.63, 3.8) is 0 Å². The molecule has 3 nitrogen and oxygen atoms in total. The van der Waals surface area contributed by atoms with E-state index < -0.39 is 0 Å². The van der Waals surface area contributed by atoms with Crippen LogP contribution in [0.3, 0.4) is 0 Å². The summed E-state index contributed by atoms with van der Waals surface area (Å²) in [6.45, 7) is 2.70. The molecule has 0 aromatic heterocycles. The van der Waals surface area contributed by atoms with Gasteiger partial charge in [-0.2, -0.15) is 0 Å². The third-order valence-corrected chi connectivity index (χ3v) is 4.88. The van der Waals surface area contributed by atoms with Crippen LogP contribution in [0.4, 0.5) is 0 Å². The molecule has 0 radical (unpaired) electrons. The SMILES string of the molecule is Clc1ccc(CNC2=NCCNC23CCCCCC3)cc1. The summed E-state index contributed by atoms with van der Waals surface area (Å²) in [5.41, 5.74) is 1.35. The number of hydrogen-bond acceptors (Lipinski definition) is 3. The average molecular weight is 306 g/mol. The Morgan fingerprint density at radius 2 is 1.81 bits per heavy atom. The van der Waals surface area contributed by atoms with Crippen molar-refractivity contribution in [3.05, 3.63) is 34.9 Å². The zero-order valence-electron chi connectivity index (χ0n) is 12.5. The zero-order valence-corrected chi connectivity index (χ0v) is 13.3. The molecule has 0 bridgehead atoms. The quantitative estimate of drug-likeness (QED) is 0.877. The van der Waals surface area contributed by atoms with Gasteiger partial charge in [-0.25, -0.2) is 0 Å². The molecule has 0 unspecified atom stereocenters. The number of aliphatic imine (C=N–C) groups is 1. The zero-order chi connectivity index (χ0) is 14.5. The van der Waals surface area contributed by atoms with Crippen molar-refractivity contribution in [1.82, 2.24) is 10.6 Å². The molecule has 1 saturated carbocycles. The molecule has 0 atom stereocenters. The highest BCUT2D eigenvalue weighted by Crippen LogP contribution is 2.29. The molecule has 1 heterocycles. The van der Waals surface area contributed by atoms with E-state index in [9.17, 15) is 0 Å². The van der Waals surface area contributed by atoms with E-state index >= 15 is 0 Å². The van der Waals surface area contributed by atoms with E-state index in [1.54, 1.807) is 0 Å². The fraction of sp³-hybridized carbons (Fsp3) is 0.588. The van der Waals surface area contributed by atoms with Gasteiger partial charge >= 0.3 is 0 Å². The van der Waals surface area contributed by atoms with Gasteiger partial charge in [0, 0.05) is 18.1 Å². The largest absolute Gasteiger partial charge is 0.368 e. The van der Waals surface area contributed by atoms with E-state index in [1.807, 2.05) is 12.1 Å². The van der Waals surface area contributed by atoms with Crippen molar-refractivity contribution in [3.8, 4) is 0 Å². The van der Waals surface area contributed by atoms with Gasteiger partial charge in [-0.3, -0.25) is 4.99 Å². The number of rotatable bonds is 2. The Morgan fingerprint density at radius 1 is 1.10 bits per heavy atom. The van der Waals surface area contributed by atoms with Gasteiger partial charge in [-0.1, -0.05) is 49.4 Å². The highest BCUT2D eigenvalue weighted by molar-refractivity contribution is 6.30. The van der Waals surface area contributed by atoms with E-state index in [0.717, 1.165) is 24.7 Å². The Hall–Kier alpha value is -1.06. The number of benzene rings is 1. The lowest BCUT2D eigenvalue weighted by atomic mass is 9.87. The number of amidine groups is 1. The van der Waals surface area contributed by atoms with Crippen LogP contribution in [-0.4, -0.2) is 24.5 Å². The summed E-state index contributed by atoms with van der Waals surface area (Å²) >= 11 is 5.94. The van der Waals surface area contributed by atoms with Crippen LogP contribution in [0.1, 0.15) is 44.1 Å². The van der Waals surface area contributed by atoms with Crippen molar-refractivity contribution in [2.75, 3.05) is 13.1 Å². The predicted octanol–water partition coefficient (Wildman–Crippen LogP) is 3.52. The summed E-state index contributed by atoms with van der Waals surface area (Å²) in [6, 6.07) is 8.04. The summed E-state index contributed by atoms with van der Waals surface area (Å²) < 4.78 is 0. The lowest BCUT2D eigenvalue weighted by Crippen LogP contribution is -2.59. The Morgan fingerprint density at radius 3 is 2.52 bits per heavy atom. The molecule has 4 heteroatoms. The topological polar surface area (TPSA) is 36.4 Å². The van der Waals surface area contributed by atoms with Crippen molar-refractivity contribution in [2.45, 2.75) is 50.6 Å². The molecule has 114 valence electrons. The first-order chi connectivity index (χ1) is 10.3. The van der Waals surface area contributed by atoms with Gasteiger partial charge < -0.3 is 10.6 Å². The monoisotopic (exact) mass is 305 g/mol. The van der Waals surface area contributed by atoms with Crippen LogP contribution in [0, 0.1) is 0 Å². The van der Waals surface area contributed by atoms with Gasteiger partial charge in [0.25, 0.3) is 0 Å². The molecule has 0 amide bonds. The highest BCUT2D eigenvalue weighted by atomic mass is 35.5. The molecule has 3 rings (SSSR count). The molecule has 21 heavy (non-hydrogen) atoms. The van der Waals surface area contributed by atoms with Gasteiger partial charge in [-0.15, -0.1) is 0 Å². The Bertz CT molecular complexity index is 487. The second-order valence-electron chi connectivity index (χ2n) is 6.13. The van der Waals surface area contributed by atoms with Crippen molar-refractivity contribution in [2.24, 2.45) is 4.99 Å². The van der Waals surface area contributed by atoms with Crippen LogP contribution in [0.5, 0.6) is 0 Å². The van der Waals surface area contributed by atoms with E-state index in [1.165, 1.54) is 49.9 Å². The fourth-order valence-electron chi connectivity index (χ4n) is 3.46. The maximum absolute atomic E-state index is 5.94. The number of hydrogen-bond donors (Lipinski definition) is 2. The predicted molar refractivity (Wildman–Crippen MR) is 89.0 cm³/mol. The molecule has 1 aromatic rings. The molecule has 0 saturated heterocycles. The van der Waals surface area contributed by atoms with E-state index in [0.29, 0.717) is 0 Å². The van der Waals surface area contributed by atoms with Crippen molar-refractivity contribution >= 4 is 17.4 Å². The average Bonchev–Trinajstić information content (AvgIpc) is 2.74. The summed E-state index contributed by atoms with van der Waals surface area (Å²) in [6.07, 6.45) is 7.73. The van der Waals surface area contributed by atoms with Gasteiger partial charge in [-0.05, 0) is 30.5 Å². The second-order valence-corrected chi connectivity index (χ2v) is 6.57. The molecule has 2 N–H and O–H groups in total. The van der Waals surface area contributed by atoms with Gasteiger partial charge in [0.1, 0.15) is 5.84 Å². The molecule has 1 spiro atoms. The van der Waals surface area contributed by atoms with Crippen LogP contribution in [-0.2, 0) is 6.54 Å². The normalized spacial score (nSPS) is 21.7. The fourth-order valence-corrected chi connectivity index (χ4v) is 3.58. The summed E-state index contributed by atoms with van der Waals surface area (Å²) in [5.74, 6) is 1.17. The van der Waals surface area contributed by atoms with Gasteiger partial charge in [0.15, 0.2) is 0 Å². The molecule has 2 aliphatic rings. The van der Waals surface area contributed by atoms with Crippen molar-refractivity contribution < 1.29 is 0 Å². The lowest BCUT2D eigenvalue weighted by Gasteiger charge is -2.38. The van der Waals surface area contributed by atoms with Gasteiger partial charge in [0.2, 0.25) is 0 Å². The van der Waals surface area contributed by atoms with Crippen molar-refractivity contribution in [1.29, 1.82) is 0 Å². The van der Waals surface area contributed by atoms with E-state index in [-0.39, 0.29) is 5.54 Å². The minimum absolute atomic E-state index is 0.0984. The van der Waals surface area contributed by atoms with Crippen LogP contribution in [0.25, 0.3) is 0 Å².